The summed E-state index contributed by atoms with van der Waals surface area (Å²) in [5.41, 5.74) is -0.360. The Hall–Kier alpha value is -0.790. The number of piperazine rings is 1. The molecule has 6 nitrogen and oxygen atoms in total. The molecule has 2 saturated heterocycles. The van der Waals surface area contributed by atoms with E-state index in [0.29, 0.717) is 11.6 Å². The number of ether oxygens (including phenoxy) is 1. The number of pyridine rings is 1. The number of carbonyl (C=O) groups is 1. The largest absolute Gasteiger partial charge is 0.384 e. The SMILES string of the molecule is COCC1(C(=O)N2CCN(c3ccc(Cl)cn3)CC2)CCNCC1.Cl.Cl. The van der Waals surface area contributed by atoms with Gasteiger partial charge in [-0.3, -0.25) is 4.79 Å². The first-order valence-electron chi connectivity index (χ1n) is 8.50. The molecule has 0 unspecified atom stereocenters. The summed E-state index contributed by atoms with van der Waals surface area (Å²) < 4.78 is 5.39. The topological polar surface area (TPSA) is 57.7 Å². The molecule has 0 radical (unpaired) electrons. The van der Waals surface area contributed by atoms with Crippen molar-refractivity contribution in [1.29, 1.82) is 0 Å². The van der Waals surface area contributed by atoms with Crippen LogP contribution < -0.4 is 10.2 Å². The summed E-state index contributed by atoms with van der Waals surface area (Å²) in [6.07, 6.45) is 3.36. The molecule has 26 heavy (non-hydrogen) atoms. The third kappa shape index (κ3) is 5.14. The molecule has 1 aromatic heterocycles. The second-order valence-corrected chi connectivity index (χ2v) is 7.01. The fraction of sp³-hybridized carbons (Fsp3) is 0.647. The van der Waals surface area contributed by atoms with E-state index in [0.717, 1.165) is 57.9 Å². The Kier molecular flexibility index (Phi) is 9.41. The lowest BCUT2D eigenvalue weighted by Gasteiger charge is -2.43. The number of anilines is 1. The molecule has 0 bridgehead atoms. The van der Waals surface area contributed by atoms with Crippen LogP contribution in [0.15, 0.2) is 18.3 Å². The van der Waals surface area contributed by atoms with Gasteiger partial charge in [0.25, 0.3) is 0 Å². The smallest absolute Gasteiger partial charge is 0.231 e. The molecule has 2 aliphatic rings. The first-order chi connectivity index (χ1) is 11.6. The lowest BCUT2D eigenvalue weighted by atomic mass is 9.78. The number of hydrogen-bond donors (Lipinski definition) is 1. The number of rotatable bonds is 4. The van der Waals surface area contributed by atoms with Crippen molar-refractivity contribution in [2.75, 3.05) is 57.9 Å². The van der Waals surface area contributed by atoms with Gasteiger partial charge in [-0.25, -0.2) is 4.98 Å². The molecule has 3 rings (SSSR count). The Morgan fingerprint density at radius 2 is 1.88 bits per heavy atom. The minimum Gasteiger partial charge on any atom is -0.384 e. The maximum Gasteiger partial charge on any atom is 0.231 e. The second kappa shape index (κ2) is 10.5. The van der Waals surface area contributed by atoms with Crippen LogP contribution in [0.3, 0.4) is 0 Å². The Labute approximate surface area is 172 Å². The first-order valence-corrected chi connectivity index (χ1v) is 8.88. The summed E-state index contributed by atoms with van der Waals surface area (Å²) >= 11 is 5.90. The Morgan fingerprint density at radius 1 is 1.23 bits per heavy atom. The van der Waals surface area contributed by atoms with Crippen LogP contribution in [0.4, 0.5) is 5.82 Å². The zero-order valence-electron chi connectivity index (χ0n) is 14.9. The molecule has 0 saturated carbocycles. The maximum absolute atomic E-state index is 13.1. The number of halogens is 3. The predicted octanol–water partition coefficient (Wildman–Crippen LogP) is 2.24. The molecule has 1 amide bonds. The van der Waals surface area contributed by atoms with Crippen LogP contribution in [-0.4, -0.2) is 68.8 Å². The zero-order chi connectivity index (χ0) is 17.0. The standard InChI is InChI=1S/C17H25ClN4O2.2ClH/c1-24-13-17(4-6-19-7-5-17)16(23)22-10-8-21(9-11-22)15-3-2-14(18)12-20-15;;/h2-3,12,19H,4-11,13H2,1H3;2*1H. The molecule has 2 aliphatic heterocycles. The van der Waals surface area contributed by atoms with E-state index in [2.05, 4.69) is 15.2 Å². The molecular weight excluding hydrogens is 399 g/mol. The third-order valence-electron chi connectivity index (χ3n) is 5.04. The minimum atomic E-state index is -0.360. The number of amides is 1. The number of piperidine rings is 1. The number of hydrogen-bond acceptors (Lipinski definition) is 5. The highest BCUT2D eigenvalue weighted by atomic mass is 35.5. The van der Waals surface area contributed by atoms with Gasteiger partial charge in [0.2, 0.25) is 5.91 Å². The van der Waals surface area contributed by atoms with Crippen LogP contribution in [0.5, 0.6) is 0 Å². The van der Waals surface area contributed by atoms with E-state index in [1.807, 2.05) is 17.0 Å². The van der Waals surface area contributed by atoms with Crippen molar-refractivity contribution in [3.05, 3.63) is 23.4 Å². The van der Waals surface area contributed by atoms with Gasteiger partial charge in [0.05, 0.1) is 17.0 Å². The summed E-state index contributed by atoms with van der Waals surface area (Å²) in [5.74, 6) is 1.16. The summed E-state index contributed by atoms with van der Waals surface area (Å²) in [7, 11) is 1.68. The van der Waals surface area contributed by atoms with Gasteiger partial charge in [0.15, 0.2) is 0 Å². The van der Waals surface area contributed by atoms with Crippen molar-refractivity contribution in [3.63, 3.8) is 0 Å². The lowest BCUT2D eigenvalue weighted by Crippen LogP contribution is -2.56. The number of nitrogens with zero attached hydrogens (tertiary/aromatic N) is 3. The van der Waals surface area contributed by atoms with Crippen molar-refractivity contribution in [2.24, 2.45) is 5.41 Å². The van der Waals surface area contributed by atoms with Crippen molar-refractivity contribution >= 4 is 48.1 Å². The van der Waals surface area contributed by atoms with Gasteiger partial charge < -0.3 is 19.9 Å². The first kappa shape index (κ1) is 23.2. The summed E-state index contributed by atoms with van der Waals surface area (Å²) in [6.45, 7) is 5.30. The van der Waals surface area contributed by atoms with Crippen LogP contribution >= 0.6 is 36.4 Å². The number of nitrogens with one attached hydrogen (secondary N) is 1. The van der Waals surface area contributed by atoms with E-state index in [-0.39, 0.29) is 36.1 Å². The summed E-state index contributed by atoms with van der Waals surface area (Å²) in [6, 6.07) is 3.78. The maximum atomic E-state index is 13.1. The van der Waals surface area contributed by atoms with Gasteiger partial charge >= 0.3 is 0 Å². The van der Waals surface area contributed by atoms with Gasteiger partial charge in [0, 0.05) is 39.5 Å². The van der Waals surface area contributed by atoms with Crippen molar-refractivity contribution in [1.82, 2.24) is 15.2 Å². The summed E-state index contributed by atoms with van der Waals surface area (Å²) in [4.78, 5) is 21.7. The highest BCUT2D eigenvalue weighted by Crippen LogP contribution is 2.32. The van der Waals surface area contributed by atoms with Crippen molar-refractivity contribution in [3.8, 4) is 0 Å². The molecular formula is C17H27Cl3N4O2. The molecule has 0 atom stereocenters. The molecule has 0 spiro atoms. The summed E-state index contributed by atoms with van der Waals surface area (Å²) in [5, 5.41) is 3.97. The molecule has 1 aromatic rings. The Morgan fingerprint density at radius 3 is 2.42 bits per heavy atom. The predicted molar refractivity (Wildman–Crippen MR) is 109 cm³/mol. The average molecular weight is 426 g/mol. The molecule has 0 aliphatic carbocycles. The van der Waals surface area contributed by atoms with Crippen LogP contribution in [0.1, 0.15) is 12.8 Å². The number of carbonyl (C=O) groups excluding carboxylic acids is 1. The minimum absolute atomic E-state index is 0. The Balaban J connectivity index is 0.00000169. The molecule has 1 N–H and O–H groups in total. The molecule has 3 heterocycles. The molecule has 148 valence electrons. The van der Waals surface area contributed by atoms with Gasteiger partial charge in [-0.15, -0.1) is 24.8 Å². The fourth-order valence-corrected chi connectivity index (χ4v) is 3.74. The van der Waals surface area contributed by atoms with Crippen LogP contribution in [0.2, 0.25) is 5.02 Å². The Bertz CT molecular complexity index is 554. The van der Waals surface area contributed by atoms with E-state index in [1.54, 1.807) is 13.3 Å². The van der Waals surface area contributed by atoms with E-state index < -0.39 is 0 Å². The monoisotopic (exact) mass is 424 g/mol. The van der Waals surface area contributed by atoms with Crippen LogP contribution in [-0.2, 0) is 9.53 Å². The number of methoxy groups -OCH3 is 1. The fourth-order valence-electron chi connectivity index (χ4n) is 3.63. The second-order valence-electron chi connectivity index (χ2n) is 6.58. The normalized spacial score (nSPS) is 19.3. The molecule has 9 heteroatoms. The molecule has 0 aromatic carbocycles. The van der Waals surface area contributed by atoms with Crippen molar-refractivity contribution in [2.45, 2.75) is 12.8 Å². The van der Waals surface area contributed by atoms with Crippen LogP contribution in [0.25, 0.3) is 0 Å². The van der Waals surface area contributed by atoms with Gasteiger partial charge in [0.1, 0.15) is 5.82 Å². The molecule has 2 fully saturated rings. The highest BCUT2D eigenvalue weighted by Gasteiger charge is 2.42. The number of aromatic nitrogens is 1. The van der Waals surface area contributed by atoms with E-state index >= 15 is 0 Å². The average Bonchev–Trinajstić information content (AvgIpc) is 2.63. The highest BCUT2D eigenvalue weighted by molar-refractivity contribution is 6.30. The van der Waals surface area contributed by atoms with Crippen LogP contribution in [0, 0.1) is 5.41 Å². The van der Waals surface area contributed by atoms with E-state index in [1.165, 1.54) is 0 Å². The van der Waals surface area contributed by atoms with E-state index in [4.69, 9.17) is 16.3 Å². The van der Waals surface area contributed by atoms with Crippen molar-refractivity contribution < 1.29 is 9.53 Å². The zero-order valence-corrected chi connectivity index (χ0v) is 17.3. The quantitative estimate of drug-likeness (QED) is 0.802. The van der Waals surface area contributed by atoms with Gasteiger partial charge in [-0.1, -0.05) is 11.6 Å². The lowest BCUT2D eigenvalue weighted by molar-refractivity contribution is -0.147. The van der Waals surface area contributed by atoms with Gasteiger partial charge in [-0.05, 0) is 38.1 Å². The van der Waals surface area contributed by atoms with E-state index in [9.17, 15) is 4.79 Å². The third-order valence-corrected chi connectivity index (χ3v) is 5.26. The van der Waals surface area contributed by atoms with Gasteiger partial charge in [-0.2, -0.15) is 0 Å².